The molecule has 0 N–H and O–H groups in total. The van der Waals surface area contributed by atoms with E-state index >= 15 is 0 Å². The van der Waals surface area contributed by atoms with Gasteiger partial charge in [-0.1, -0.05) is 0 Å². The number of hydrogen-bond donors (Lipinski definition) is 0. The molecule has 0 spiro atoms. The van der Waals surface area contributed by atoms with Crippen LogP contribution in [0.3, 0.4) is 0 Å². The molecule has 2 heterocycles. The zero-order valence-corrected chi connectivity index (χ0v) is 12.4. The summed E-state index contributed by atoms with van der Waals surface area (Å²) in [6, 6.07) is 7.86. The topological polar surface area (TPSA) is 71.8 Å². The fraction of sp³-hybridized carbons (Fsp3) is 0.500. The van der Waals surface area contributed by atoms with Crippen molar-refractivity contribution in [1.29, 1.82) is 5.26 Å². The van der Waals surface area contributed by atoms with E-state index < -0.39 is 0 Å². The van der Waals surface area contributed by atoms with Crippen LogP contribution in [0, 0.1) is 11.3 Å². The first-order valence-electron chi connectivity index (χ1n) is 7.35. The first-order chi connectivity index (χ1) is 10.7. The summed E-state index contributed by atoms with van der Waals surface area (Å²) in [4.78, 5) is 13.6. The van der Waals surface area contributed by atoms with Gasteiger partial charge in [0, 0.05) is 25.6 Å². The monoisotopic (exact) mass is 302 g/mol. The van der Waals surface area contributed by atoms with Gasteiger partial charge >= 0.3 is 6.09 Å². The van der Waals surface area contributed by atoms with E-state index in [9.17, 15) is 4.79 Å². The summed E-state index contributed by atoms with van der Waals surface area (Å²) in [5, 5.41) is 8.66. The number of nitrogens with zero attached hydrogens (tertiary/aromatic N) is 2. The van der Waals surface area contributed by atoms with Crippen molar-refractivity contribution < 1.29 is 19.0 Å². The Morgan fingerprint density at radius 2 is 2.27 bits per heavy atom. The number of cyclic esters (lactones) is 1. The number of methoxy groups -OCH3 is 1. The molecule has 1 fully saturated rings. The van der Waals surface area contributed by atoms with E-state index in [2.05, 4.69) is 6.07 Å². The standard InChI is InChI=1S/C16H18N2O4/c1-20-10-14-9-18(16(19)22-14)12-4-5-15-11(7-12)8-13(21-15)3-2-6-17/h4-5,7,13-14H,2-3,8-10H2,1H3/t13?,14-/m1/s1. The second-order valence-corrected chi connectivity index (χ2v) is 5.50. The van der Waals surface area contributed by atoms with E-state index in [0.29, 0.717) is 19.6 Å². The molecule has 22 heavy (non-hydrogen) atoms. The number of fused-ring (bicyclic) bond motifs is 1. The Kier molecular flexibility index (Phi) is 4.16. The summed E-state index contributed by atoms with van der Waals surface area (Å²) in [6.07, 6.45) is 1.46. The van der Waals surface area contributed by atoms with Gasteiger partial charge in [0.15, 0.2) is 0 Å². The normalized spacial score (nSPS) is 22.9. The summed E-state index contributed by atoms with van der Waals surface area (Å²) in [6.45, 7) is 0.886. The molecule has 2 aliphatic heterocycles. The van der Waals surface area contributed by atoms with Gasteiger partial charge in [-0.05, 0) is 30.2 Å². The lowest BCUT2D eigenvalue weighted by Gasteiger charge is -2.13. The fourth-order valence-corrected chi connectivity index (χ4v) is 2.87. The quantitative estimate of drug-likeness (QED) is 0.834. The highest BCUT2D eigenvalue weighted by Gasteiger charge is 2.33. The predicted octanol–water partition coefficient (Wildman–Crippen LogP) is 2.27. The molecule has 0 radical (unpaired) electrons. The first kappa shape index (κ1) is 14.7. The van der Waals surface area contributed by atoms with Gasteiger partial charge < -0.3 is 14.2 Å². The van der Waals surface area contributed by atoms with Gasteiger partial charge in [-0.3, -0.25) is 4.90 Å². The molecule has 1 saturated heterocycles. The number of rotatable bonds is 5. The first-order valence-corrected chi connectivity index (χ1v) is 7.35. The minimum Gasteiger partial charge on any atom is -0.490 e. The van der Waals surface area contributed by atoms with Crippen molar-refractivity contribution in [3.63, 3.8) is 0 Å². The molecule has 0 aliphatic carbocycles. The van der Waals surface area contributed by atoms with E-state index in [4.69, 9.17) is 19.5 Å². The summed E-state index contributed by atoms with van der Waals surface area (Å²) in [5.74, 6) is 0.840. The van der Waals surface area contributed by atoms with Crippen molar-refractivity contribution in [3.8, 4) is 11.8 Å². The number of benzene rings is 1. The van der Waals surface area contributed by atoms with Crippen LogP contribution in [0.25, 0.3) is 0 Å². The molecule has 116 valence electrons. The lowest BCUT2D eigenvalue weighted by atomic mass is 10.1. The molecule has 3 rings (SSSR count). The Morgan fingerprint density at radius 3 is 3.05 bits per heavy atom. The Bertz CT molecular complexity index is 611. The van der Waals surface area contributed by atoms with Crippen LogP contribution in [0.1, 0.15) is 18.4 Å². The Hall–Kier alpha value is -2.26. The number of hydrogen-bond acceptors (Lipinski definition) is 5. The second-order valence-electron chi connectivity index (χ2n) is 5.50. The zero-order chi connectivity index (χ0) is 15.5. The molecule has 6 nitrogen and oxygen atoms in total. The maximum Gasteiger partial charge on any atom is 0.414 e. The van der Waals surface area contributed by atoms with E-state index in [0.717, 1.165) is 29.8 Å². The Balaban J connectivity index is 1.71. The Morgan fingerprint density at radius 1 is 1.41 bits per heavy atom. The van der Waals surface area contributed by atoms with Crippen LogP contribution in [0.4, 0.5) is 10.5 Å². The van der Waals surface area contributed by atoms with Gasteiger partial charge in [0.1, 0.15) is 18.0 Å². The van der Waals surface area contributed by atoms with Crippen molar-refractivity contribution in [3.05, 3.63) is 23.8 Å². The lowest BCUT2D eigenvalue weighted by Crippen LogP contribution is -2.25. The third kappa shape index (κ3) is 2.85. The SMILES string of the molecule is COC[C@H]1CN(c2ccc3c(c2)CC(CCC#N)O3)C(=O)O1. The van der Waals surface area contributed by atoms with Crippen molar-refractivity contribution in [2.75, 3.05) is 25.2 Å². The van der Waals surface area contributed by atoms with Gasteiger partial charge in [0.2, 0.25) is 0 Å². The third-order valence-corrected chi connectivity index (χ3v) is 3.90. The molecule has 1 unspecified atom stereocenters. The summed E-state index contributed by atoms with van der Waals surface area (Å²) < 4.78 is 16.1. The maximum atomic E-state index is 11.9. The molecule has 1 aromatic carbocycles. The molecule has 2 aliphatic rings. The molecular weight excluding hydrogens is 284 g/mol. The van der Waals surface area contributed by atoms with Crippen LogP contribution >= 0.6 is 0 Å². The van der Waals surface area contributed by atoms with Crippen LogP contribution in [-0.2, 0) is 15.9 Å². The van der Waals surface area contributed by atoms with Gasteiger partial charge in [-0.25, -0.2) is 4.79 Å². The molecule has 2 atom stereocenters. The smallest absolute Gasteiger partial charge is 0.414 e. The van der Waals surface area contributed by atoms with Crippen LogP contribution in [0.2, 0.25) is 0 Å². The van der Waals surface area contributed by atoms with Crippen molar-refractivity contribution in [2.45, 2.75) is 31.5 Å². The van der Waals surface area contributed by atoms with Crippen molar-refractivity contribution in [1.82, 2.24) is 0 Å². The van der Waals surface area contributed by atoms with Crippen LogP contribution in [0.15, 0.2) is 18.2 Å². The van der Waals surface area contributed by atoms with Crippen molar-refractivity contribution in [2.24, 2.45) is 0 Å². The molecule has 0 saturated carbocycles. The van der Waals surface area contributed by atoms with Crippen LogP contribution < -0.4 is 9.64 Å². The van der Waals surface area contributed by atoms with E-state index in [1.54, 1.807) is 12.0 Å². The van der Waals surface area contributed by atoms with Gasteiger partial charge in [-0.2, -0.15) is 5.26 Å². The second kappa shape index (κ2) is 6.24. The number of anilines is 1. The maximum absolute atomic E-state index is 11.9. The summed E-state index contributed by atoms with van der Waals surface area (Å²) >= 11 is 0. The lowest BCUT2D eigenvalue weighted by molar-refractivity contribution is 0.0718. The number of carbonyl (C=O) groups excluding carboxylic acids is 1. The molecule has 0 bridgehead atoms. The zero-order valence-electron chi connectivity index (χ0n) is 12.4. The summed E-state index contributed by atoms with van der Waals surface area (Å²) in [5.41, 5.74) is 1.88. The average Bonchev–Trinajstić information content (AvgIpc) is 3.07. The number of carbonyl (C=O) groups is 1. The predicted molar refractivity (Wildman–Crippen MR) is 78.9 cm³/mol. The van der Waals surface area contributed by atoms with Crippen LogP contribution in [-0.4, -0.2) is 38.6 Å². The molecular formula is C16H18N2O4. The molecule has 0 aromatic heterocycles. The van der Waals surface area contributed by atoms with Crippen LogP contribution in [0.5, 0.6) is 5.75 Å². The highest BCUT2D eigenvalue weighted by molar-refractivity contribution is 5.90. The minimum absolute atomic E-state index is 0.0525. The molecule has 1 aromatic rings. The summed E-state index contributed by atoms with van der Waals surface area (Å²) in [7, 11) is 1.59. The highest BCUT2D eigenvalue weighted by Crippen LogP contribution is 2.34. The number of ether oxygens (including phenoxy) is 3. The molecule has 1 amide bonds. The highest BCUT2D eigenvalue weighted by atomic mass is 16.6. The minimum atomic E-state index is -0.345. The number of nitriles is 1. The van der Waals surface area contributed by atoms with E-state index in [1.807, 2.05) is 18.2 Å². The number of amides is 1. The van der Waals surface area contributed by atoms with E-state index in [1.165, 1.54) is 0 Å². The van der Waals surface area contributed by atoms with Crippen molar-refractivity contribution >= 4 is 11.8 Å². The average molecular weight is 302 g/mol. The Labute approximate surface area is 129 Å². The van der Waals surface area contributed by atoms with Gasteiger partial charge in [-0.15, -0.1) is 0 Å². The van der Waals surface area contributed by atoms with Gasteiger partial charge in [0.25, 0.3) is 0 Å². The fourth-order valence-electron chi connectivity index (χ4n) is 2.87. The molecule has 6 heteroatoms. The third-order valence-electron chi connectivity index (χ3n) is 3.90. The van der Waals surface area contributed by atoms with E-state index in [-0.39, 0.29) is 18.3 Å². The van der Waals surface area contributed by atoms with Gasteiger partial charge in [0.05, 0.1) is 19.2 Å². The largest absolute Gasteiger partial charge is 0.490 e.